The van der Waals surface area contributed by atoms with Crippen LogP contribution in [0.15, 0.2) is 84.0 Å². The monoisotopic (exact) mass is 374 g/mol. The van der Waals surface area contributed by atoms with Crippen molar-refractivity contribution in [2.75, 3.05) is 12.0 Å². The fourth-order valence-corrected chi connectivity index (χ4v) is 2.66. The molecule has 0 aliphatic heterocycles. The number of aryl methyl sites for hydroxylation is 1. The van der Waals surface area contributed by atoms with Crippen LogP contribution in [0.3, 0.4) is 0 Å². The Bertz CT molecular complexity index is 922. The fraction of sp³-hybridized carbons (Fsp3) is 0.130. The molecule has 0 fully saturated rings. The first-order valence-electron chi connectivity index (χ1n) is 9.10. The smallest absolute Gasteiger partial charge is 0.335 e. The predicted octanol–water partition coefficient (Wildman–Crippen LogP) is 4.84. The van der Waals surface area contributed by atoms with E-state index in [1.54, 1.807) is 18.3 Å². The molecule has 3 aromatic rings. The summed E-state index contributed by atoms with van der Waals surface area (Å²) in [5.74, 6) is -0.140. The molecule has 0 amide bonds. The SMILES string of the molecule is O=C(O)c1cccc(N/N=C/c2ccc(OCCCc3ccccc3)cc2)c1. The first-order valence-corrected chi connectivity index (χ1v) is 9.10. The second-order valence-electron chi connectivity index (χ2n) is 6.26. The fourth-order valence-electron chi connectivity index (χ4n) is 2.66. The van der Waals surface area contributed by atoms with Crippen molar-refractivity contribution < 1.29 is 14.6 Å². The maximum absolute atomic E-state index is 11.0. The lowest BCUT2D eigenvalue weighted by atomic mass is 10.1. The van der Waals surface area contributed by atoms with Crippen LogP contribution in [0.2, 0.25) is 0 Å². The minimum atomic E-state index is -0.966. The van der Waals surface area contributed by atoms with Crippen molar-refractivity contribution in [1.82, 2.24) is 0 Å². The third-order valence-corrected chi connectivity index (χ3v) is 4.12. The molecule has 142 valence electrons. The van der Waals surface area contributed by atoms with Gasteiger partial charge in [0.25, 0.3) is 0 Å². The highest BCUT2D eigenvalue weighted by atomic mass is 16.5. The van der Waals surface area contributed by atoms with Crippen LogP contribution >= 0.6 is 0 Å². The molecule has 0 aliphatic rings. The lowest BCUT2D eigenvalue weighted by Crippen LogP contribution is -1.99. The van der Waals surface area contributed by atoms with Crippen molar-refractivity contribution in [3.05, 3.63) is 95.6 Å². The molecular weight excluding hydrogens is 352 g/mol. The van der Waals surface area contributed by atoms with Gasteiger partial charge in [0.1, 0.15) is 5.75 Å². The maximum atomic E-state index is 11.0. The Morgan fingerprint density at radius 1 is 1.00 bits per heavy atom. The summed E-state index contributed by atoms with van der Waals surface area (Å²) < 4.78 is 5.78. The van der Waals surface area contributed by atoms with E-state index in [2.05, 4.69) is 22.7 Å². The van der Waals surface area contributed by atoms with Gasteiger partial charge in [-0.15, -0.1) is 0 Å². The van der Waals surface area contributed by atoms with Gasteiger partial charge in [0.05, 0.1) is 24.1 Å². The van der Waals surface area contributed by atoms with Crippen molar-refractivity contribution in [1.29, 1.82) is 0 Å². The lowest BCUT2D eigenvalue weighted by molar-refractivity contribution is 0.0697. The van der Waals surface area contributed by atoms with Crippen molar-refractivity contribution in [2.24, 2.45) is 5.10 Å². The Labute approximate surface area is 164 Å². The summed E-state index contributed by atoms with van der Waals surface area (Å²) in [5, 5.41) is 13.1. The number of hydrogen-bond acceptors (Lipinski definition) is 4. The largest absolute Gasteiger partial charge is 0.494 e. The van der Waals surface area contributed by atoms with Gasteiger partial charge in [-0.2, -0.15) is 5.10 Å². The Kier molecular flexibility index (Phi) is 6.79. The van der Waals surface area contributed by atoms with Gasteiger partial charge in [-0.05, 0) is 66.4 Å². The first kappa shape index (κ1) is 19.2. The molecule has 0 saturated heterocycles. The average Bonchev–Trinajstić information content (AvgIpc) is 2.73. The third-order valence-electron chi connectivity index (χ3n) is 4.12. The first-order chi connectivity index (χ1) is 13.7. The van der Waals surface area contributed by atoms with Crippen LogP contribution < -0.4 is 10.2 Å². The number of hydrazone groups is 1. The molecule has 0 spiro atoms. The van der Waals surface area contributed by atoms with E-state index in [0.29, 0.717) is 12.3 Å². The van der Waals surface area contributed by atoms with E-state index in [0.717, 1.165) is 24.2 Å². The van der Waals surface area contributed by atoms with Crippen molar-refractivity contribution in [3.8, 4) is 5.75 Å². The summed E-state index contributed by atoms with van der Waals surface area (Å²) in [7, 11) is 0. The Balaban J connectivity index is 1.44. The molecule has 3 rings (SSSR count). The van der Waals surface area contributed by atoms with E-state index in [1.807, 2.05) is 42.5 Å². The normalized spacial score (nSPS) is 10.7. The van der Waals surface area contributed by atoms with Crippen molar-refractivity contribution in [3.63, 3.8) is 0 Å². The van der Waals surface area contributed by atoms with Crippen LogP contribution in [-0.4, -0.2) is 23.9 Å². The summed E-state index contributed by atoms with van der Waals surface area (Å²) >= 11 is 0. The zero-order chi connectivity index (χ0) is 19.6. The van der Waals surface area contributed by atoms with E-state index in [1.165, 1.54) is 17.7 Å². The molecule has 3 aromatic carbocycles. The molecule has 0 aliphatic carbocycles. The lowest BCUT2D eigenvalue weighted by Gasteiger charge is -2.06. The van der Waals surface area contributed by atoms with Gasteiger partial charge in [0, 0.05) is 0 Å². The number of aromatic carboxylic acids is 1. The molecule has 0 bridgehead atoms. The van der Waals surface area contributed by atoms with Crippen LogP contribution in [0.25, 0.3) is 0 Å². The number of rotatable bonds is 9. The number of hydrogen-bond donors (Lipinski definition) is 2. The second kappa shape index (κ2) is 9.92. The van der Waals surface area contributed by atoms with Crippen LogP contribution in [-0.2, 0) is 6.42 Å². The molecule has 0 unspecified atom stereocenters. The minimum absolute atomic E-state index is 0.217. The highest BCUT2D eigenvalue weighted by Gasteiger charge is 2.02. The summed E-state index contributed by atoms with van der Waals surface area (Å²) in [6.07, 6.45) is 3.64. The molecule has 5 heteroatoms. The molecule has 0 saturated carbocycles. The average molecular weight is 374 g/mol. The Morgan fingerprint density at radius 3 is 2.54 bits per heavy atom. The molecule has 2 N–H and O–H groups in total. The van der Waals surface area contributed by atoms with Crippen LogP contribution in [0.5, 0.6) is 5.75 Å². The summed E-state index contributed by atoms with van der Waals surface area (Å²) in [4.78, 5) is 11.0. The van der Waals surface area contributed by atoms with E-state index in [-0.39, 0.29) is 5.56 Å². The van der Waals surface area contributed by atoms with Gasteiger partial charge < -0.3 is 9.84 Å². The topological polar surface area (TPSA) is 70.9 Å². The molecule has 5 nitrogen and oxygen atoms in total. The molecule has 0 heterocycles. The number of anilines is 1. The standard InChI is InChI=1S/C23H22N2O3/c26-23(27)20-9-4-10-21(16-20)25-24-17-19-11-13-22(14-12-19)28-15-5-8-18-6-2-1-3-7-18/h1-4,6-7,9-14,16-17,25H,5,8,15H2,(H,26,27)/b24-17+. The number of carboxylic acid groups (broad SMARTS) is 1. The van der Waals surface area contributed by atoms with E-state index in [9.17, 15) is 4.79 Å². The highest BCUT2D eigenvalue weighted by molar-refractivity contribution is 5.88. The molecule has 0 atom stereocenters. The van der Waals surface area contributed by atoms with Crippen molar-refractivity contribution in [2.45, 2.75) is 12.8 Å². The minimum Gasteiger partial charge on any atom is -0.494 e. The zero-order valence-electron chi connectivity index (χ0n) is 15.4. The number of benzene rings is 3. The van der Waals surface area contributed by atoms with Gasteiger partial charge in [0.2, 0.25) is 0 Å². The molecule has 28 heavy (non-hydrogen) atoms. The maximum Gasteiger partial charge on any atom is 0.335 e. The molecule has 0 aromatic heterocycles. The molecular formula is C23H22N2O3. The highest BCUT2D eigenvalue weighted by Crippen LogP contribution is 2.13. The number of nitrogens with one attached hydrogen (secondary N) is 1. The van der Waals surface area contributed by atoms with Gasteiger partial charge >= 0.3 is 5.97 Å². The van der Waals surface area contributed by atoms with Gasteiger partial charge in [-0.25, -0.2) is 4.79 Å². The van der Waals surface area contributed by atoms with Gasteiger partial charge in [-0.1, -0.05) is 36.4 Å². The number of carbonyl (C=O) groups is 1. The summed E-state index contributed by atoms with van der Waals surface area (Å²) in [5.41, 5.74) is 5.91. The summed E-state index contributed by atoms with van der Waals surface area (Å²) in [6.45, 7) is 0.670. The van der Waals surface area contributed by atoms with E-state index >= 15 is 0 Å². The number of nitrogens with zero attached hydrogens (tertiary/aromatic N) is 1. The second-order valence-corrected chi connectivity index (χ2v) is 6.26. The van der Waals surface area contributed by atoms with Crippen LogP contribution in [0, 0.1) is 0 Å². The quantitative estimate of drug-likeness (QED) is 0.319. The van der Waals surface area contributed by atoms with E-state index < -0.39 is 5.97 Å². The predicted molar refractivity (Wildman–Crippen MR) is 111 cm³/mol. The summed E-state index contributed by atoms with van der Waals surface area (Å²) in [6, 6.07) is 24.5. The van der Waals surface area contributed by atoms with Gasteiger partial charge in [-0.3, -0.25) is 5.43 Å². The van der Waals surface area contributed by atoms with Crippen LogP contribution in [0.4, 0.5) is 5.69 Å². The van der Waals surface area contributed by atoms with E-state index in [4.69, 9.17) is 9.84 Å². The number of ether oxygens (including phenoxy) is 1. The molecule has 0 radical (unpaired) electrons. The van der Waals surface area contributed by atoms with Crippen molar-refractivity contribution >= 4 is 17.9 Å². The zero-order valence-corrected chi connectivity index (χ0v) is 15.4. The van der Waals surface area contributed by atoms with Crippen LogP contribution in [0.1, 0.15) is 27.9 Å². The number of carboxylic acids is 1. The van der Waals surface area contributed by atoms with Gasteiger partial charge in [0.15, 0.2) is 0 Å². The Morgan fingerprint density at radius 2 is 1.79 bits per heavy atom. The third kappa shape index (κ3) is 5.99. The Hall–Kier alpha value is -3.60.